The fraction of sp³-hybridized carbons (Fsp3) is 0.208. The van der Waals surface area contributed by atoms with E-state index in [1.165, 1.54) is 16.7 Å². The summed E-state index contributed by atoms with van der Waals surface area (Å²) in [6, 6.07) is 20.4. The molecule has 0 bridgehead atoms. The molecule has 1 aromatic heterocycles. The van der Waals surface area contributed by atoms with Crippen LogP contribution in [0, 0.1) is 6.92 Å². The van der Waals surface area contributed by atoms with Gasteiger partial charge in [-0.3, -0.25) is 0 Å². The highest BCUT2D eigenvalue weighted by Gasteiger charge is 2.31. The minimum absolute atomic E-state index is 0.151. The molecular weight excluding hydrogens is 349 g/mol. The first-order valence-electron chi connectivity index (χ1n) is 9.68. The Bertz CT molecular complexity index is 1130. The summed E-state index contributed by atoms with van der Waals surface area (Å²) in [5.74, 6) is 0. The molecule has 0 amide bonds. The second-order valence-electron chi connectivity index (χ2n) is 7.53. The van der Waals surface area contributed by atoms with E-state index in [2.05, 4.69) is 58.6 Å². The van der Waals surface area contributed by atoms with Crippen molar-refractivity contribution >= 4 is 11.0 Å². The normalized spacial score (nSPS) is 18.5. The average Bonchev–Trinajstić information content (AvgIpc) is 3.33. The Morgan fingerprint density at radius 3 is 2.71 bits per heavy atom. The maximum Gasteiger partial charge on any atom is 0.141 e. The van der Waals surface area contributed by atoms with E-state index < -0.39 is 6.17 Å². The van der Waals surface area contributed by atoms with Gasteiger partial charge in [-0.25, -0.2) is 9.37 Å². The van der Waals surface area contributed by atoms with Crippen molar-refractivity contribution in [2.45, 2.75) is 32.1 Å². The van der Waals surface area contributed by atoms with Crippen LogP contribution in [0.25, 0.3) is 22.2 Å². The van der Waals surface area contributed by atoms with E-state index in [1.807, 2.05) is 24.3 Å². The van der Waals surface area contributed by atoms with Crippen LogP contribution in [-0.2, 0) is 13.0 Å². The zero-order valence-electron chi connectivity index (χ0n) is 15.7. The lowest BCUT2D eigenvalue weighted by Crippen LogP contribution is -2.30. The lowest BCUT2D eigenvalue weighted by atomic mass is 9.98. The van der Waals surface area contributed by atoms with E-state index in [0.29, 0.717) is 6.54 Å². The fourth-order valence-corrected chi connectivity index (χ4v) is 4.24. The van der Waals surface area contributed by atoms with Crippen molar-refractivity contribution in [1.82, 2.24) is 15.3 Å². The molecule has 5 rings (SSSR count). The van der Waals surface area contributed by atoms with Crippen molar-refractivity contribution in [3.8, 4) is 11.1 Å². The van der Waals surface area contributed by atoms with Crippen molar-refractivity contribution in [1.29, 1.82) is 0 Å². The minimum Gasteiger partial charge on any atom is -0.345 e. The highest BCUT2D eigenvalue weighted by molar-refractivity contribution is 5.86. The molecule has 4 aromatic rings. The van der Waals surface area contributed by atoms with Crippen LogP contribution in [0.3, 0.4) is 0 Å². The Hall–Kier alpha value is -2.98. The van der Waals surface area contributed by atoms with Crippen LogP contribution in [0.1, 0.15) is 28.4 Å². The van der Waals surface area contributed by atoms with Crippen LogP contribution < -0.4 is 5.32 Å². The number of aromatic amines is 1. The summed E-state index contributed by atoms with van der Waals surface area (Å²) in [6.45, 7) is 2.77. The molecule has 0 saturated heterocycles. The molecule has 0 aliphatic heterocycles. The Morgan fingerprint density at radius 1 is 1.07 bits per heavy atom. The van der Waals surface area contributed by atoms with E-state index in [9.17, 15) is 4.39 Å². The summed E-state index contributed by atoms with van der Waals surface area (Å²) in [5.41, 5.74) is 8.71. The zero-order valence-corrected chi connectivity index (χ0v) is 15.7. The number of halogens is 1. The third kappa shape index (κ3) is 2.90. The van der Waals surface area contributed by atoms with Gasteiger partial charge in [0, 0.05) is 12.6 Å². The molecule has 3 nitrogen and oxygen atoms in total. The number of imidazole rings is 1. The van der Waals surface area contributed by atoms with Gasteiger partial charge >= 0.3 is 0 Å². The van der Waals surface area contributed by atoms with Crippen LogP contribution >= 0.6 is 0 Å². The number of hydrogen-bond acceptors (Lipinski definition) is 2. The van der Waals surface area contributed by atoms with Crippen molar-refractivity contribution in [2.75, 3.05) is 0 Å². The van der Waals surface area contributed by atoms with Gasteiger partial charge in [0.1, 0.15) is 6.17 Å². The van der Waals surface area contributed by atoms with Gasteiger partial charge in [-0.15, -0.1) is 0 Å². The van der Waals surface area contributed by atoms with Gasteiger partial charge in [0.2, 0.25) is 0 Å². The Morgan fingerprint density at radius 2 is 1.89 bits per heavy atom. The van der Waals surface area contributed by atoms with Gasteiger partial charge in [-0.2, -0.15) is 0 Å². The highest BCUT2D eigenvalue weighted by Crippen LogP contribution is 2.34. The Labute approximate surface area is 163 Å². The molecule has 1 aliphatic rings. The second kappa shape index (κ2) is 6.88. The lowest BCUT2D eigenvalue weighted by molar-refractivity contribution is 0.271. The molecule has 2 atom stereocenters. The maximum atomic E-state index is 14.6. The van der Waals surface area contributed by atoms with Crippen molar-refractivity contribution in [3.05, 3.63) is 89.2 Å². The third-order valence-electron chi connectivity index (χ3n) is 5.82. The van der Waals surface area contributed by atoms with Crippen LogP contribution in [0.4, 0.5) is 4.39 Å². The van der Waals surface area contributed by atoms with E-state index in [0.717, 1.165) is 34.1 Å². The number of rotatable bonds is 4. The summed E-state index contributed by atoms with van der Waals surface area (Å²) in [5, 5.41) is 3.40. The van der Waals surface area contributed by atoms with Crippen LogP contribution in [-0.4, -0.2) is 16.0 Å². The smallest absolute Gasteiger partial charge is 0.141 e. The number of aryl methyl sites for hydroxylation is 1. The van der Waals surface area contributed by atoms with Gasteiger partial charge in [-0.1, -0.05) is 54.6 Å². The van der Waals surface area contributed by atoms with E-state index in [-0.39, 0.29) is 6.04 Å². The third-order valence-corrected chi connectivity index (χ3v) is 5.82. The van der Waals surface area contributed by atoms with Crippen LogP contribution in [0.15, 0.2) is 67.0 Å². The first-order valence-corrected chi connectivity index (χ1v) is 9.68. The van der Waals surface area contributed by atoms with Gasteiger partial charge in [-0.05, 0) is 52.8 Å². The number of hydrogen-bond donors (Lipinski definition) is 2. The van der Waals surface area contributed by atoms with Crippen molar-refractivity contribution in [3.63, 3.8) is 0 Å². The molecule has 4 heteroatoms. The zero-order chi connectivity index (χ0) is 19.1. The first-order chi connectivity index (χ1) is 13.7. The van der Waals surface area contributed by atoms with E-state index >= 15 is 0 Å². The van der Waals surface area contributed by atoms with Crippen molar-refractivity contribution in [2.24, 2.45) is 0 Å². The minimum atomic E-state index is -0.932. The molecule has 3 aromatic carbocycles. The van der Waals surface area contributed by atoms with Gasteiger partial charge < -0.3 is 10.3 Å². The molecule has 0 spiro atoms. The number of alkyl halides is 1. The monoisotopic (exact) mass is 371 g/mol. The number of H-pyrrole nitrogens is 1. The number of nitrogens with zero attached hydrogens (tertiary/aromatic N) is 1. The molecular formula is C24H22FN3. The summed E-state index contributed by atoms with van der Waals surface area (Å²) in [7, 11) is 0. The predicted molar refractivity (Wildman–Crippen MR) is 111 cm³/mol. The highest BCUT2D eigenvalue weighted by atomic mass is 19.1. The molecule has 140 valence electrons. The average molecular weight is 371 g/mol. The summed E-state index contributed by atoms with van der Waals surface area (Å²) >= 11 is 0. The lowest BCUT2D eigenvalue weighted by Gasteiger charge is -2.15. The number of aromatic nitrogens is 2. The predicted octanol–water partition coefficient (Wildman–Crippen LogP) is 5.26. The van der Waals surface area contributed by atoms with Crippen molar-refractivity contribution < 1.29 is 4.39 Å². The Balaban J connectivity index is 1.30. The van der Waals surface area contributed by atoms with E-state index in [1.54, 1.807) is 6.33 Å². The molecule has 0 fully saturated rings. The summed E-state index contributed by atoms with van der Waals surface area (Å²) in [6.07, 6.45) is 1.55. The molecule has 1 heterocycles. The molecule has 1 aliphatic carbocycles. The standard InChI is InChI=1S/C24H22FN3/c1-15-19(10-11-21-24(15)28-14-27-21)17-8-6-16(7-9-17)13-26-22-12-18-4-2-3-5-20(18)23(22)25/h2-11,14,22-23,26H,12-13H2,1H3,(H,27,28). The second-order valence-corrected chi connectivity index (χ2v) is 7.53. The fourth-order valence-electron chi connectivity index (χ4n) is 4.24. The van der Waals surface area contributed by atoms with E-state index in [4.69, 9.17) is 0 Å². The quantitative estimate of drug-likeness (QED) is 0.513. The van der Waals surface area contributed by atoms with Crippen LogP contribution in [0.2, 0.25) is 0 Å². The first kappa shape index (κ1) is 17.1. The largest absolute Gasteiger partial charge is 0.345 e. The van der Waals surface area contributed by atoms with Gasteiger partial charge in [0.15, 0.2) is 0 Å². The molecule has 28 heavy (non-hydrogen) atoms. The number of fused-ring (bicyclic) bond motifs is 2. The van der Waals surface area contributed by atoms with Crippen LogP contribution in [0.5, 0.6) is 0 Å². The summed E-state index contributed by atoms with van der Waals surface area (Å²) in [4.78, 5) is 7.57. The molecule has 2 N–H and O–H groups in total. The molecule has 2 unspecified atom stereocenters. The topological polar surface area (TPSA) is 40.7 Å². The Kier molecular flexibility index (Phi) is 4.21. The SMILES string of the molecule is Cc1c(-c2ccc(CNC3Cc4ccccc4C3F)cc2)ccc2[nH]cnc12. The van der Waals surface area contributed by atoms with Gasteiger partial charge in [0.25, 0.3) is 0 Å². The molecule has 0 saturated carbocycles. The summed E-state index contributed by atoms with van der Waals surface area (Å²) < 4.78 is 14.6. The number of benzene rings is 3. The van der Waals surface area contributed by atoms with Gasteiger partial charge in [0.05, 0.1) is 17.4 Å². The number of nitrogens with one attached hydrogen (secondary N) is 2. The molecule has 0 radical (unpaired) electrons. The maximum absolute atomic E-state index is 14.6.